The van der Waals surface area contributed by atoms with Crippen molar-refractivity contribution in [1.29, 1.82) is 5.26 Å². The molecule has 0 saturated heterocycles. The number of esters is 1. The number of methoxy groups -OCH3 is 1. The van der Waals surface area contributed by atoms with Crippen LogP contribution in [-0.4, -0.2) is 13.1 Å². The number of rotatable bonds is 3. The third-order valence-electron chi connectivity index (χ3n) is 1.91. The molecule has 0 atom stereocenters. The first-order valence-corrected chi connectivity index (χ1v) is 6.21. The molecule has 5 heteroatoms. The third-order valence-corrected chi connectivity index (χ3v) is 4.11. The van der Waals surface area contributed by atoms with Crippen LogP contribution in [0.1, 0.15) is 16.7 Å². The average molecular weight is 300 g/mol. The number of nitriles is 1. The Bertz CT molecular complexity index is 471. The van der Waals surface area contributed by atoms with Gasteiger partial charge in [-0.2, -0.15) is 5.26 Å². The Morgan fingerprint density at radius 1 is 1.75 bits per heavy atom. The second-order valence-electron chi connectivity index (χ2n) is 2.93. The number of aryl methyl sites for hydroxylation is 1. The molecule has 1 aromatic heterocycles. The molecule has 16 heavy (non-hydrogen) atoms. The van der Waals surface area contributed by atoms with Gasteiger partial charge in [0.1, 0.15) is 11.6 Å². The summed E-state index contributed by atoms with van der Waals surface area (Å²) in [5.74, 6) is -0.606. The monoisotopic (exact) mass is 299 g/mol. The van der Waals surface area contributed by atoms with Crippen molar-refractivity contribution in [2.45, 2.75) is 13.3 Å². The van der Waals surface area contributed by atoms with Gasteiger partial charge in [-0.1, -0.05) is 6.92 Å². The number of carbonyl (C=O) groups excluding carboxylic acids is 1. The van der Waals surface area contributed by atoms with Crippen molar-refractivity contribution in [1.82, 2.24) is 0 Å². The number of hydrogen-bond donors (Lipinski definition) is 0. The van der Waals surface area contributed by atoms with Gasteiger partial charge in [0.25, 0.3) is 0 Å². The van der Waals surface area contributed by atoms with Crippen LogP contribution < -0.4 is 0 Å². The van der Waals surface area contributed by atoms with Gasteiger partial charge in [-0.15, -0.1) is 11.3 Å². The van der Waals surface area contributed by atoms with Crippen LogP contribution in [0.3, 0.4) is 0 Å². The van der Waals surface area contributed by atoms with Gasteiger partial charge in [-0.3, -0.25) is 0 Å². The molecule has 0 amide bonds. The van der Waals surface area contributed by atoms with Crippen molar-refractivity contribution < 1.29 is 9.53 Å². The molecule has 0 unspecified atom stereocenters. The summed E-state index contributed by atoms with van der Waals surface area (Å²) in [6.07, 6.45) is 2.46. The van der Waals surface area contributed by atoms with E-state index < -0.39 is 5.97 Å². The first-order valence-electron chi connectivity index (χ1n) is 4.60. The van der Waals surface area contributed by atoms with E-state index in [1.165, 1.54) is 12.0 Å². The summed E-state index contributed by atoms with van der Waals surface area (Å²) in [5, 5.41) is 8.80. The van der Waals surface area contributed by atoms with Crippen LogP contribution in [0.5, 0.6) is 0 Å². The number of nitrogens with zero attached hydrogens (tertiary/aromatic N) is 1. The van der Waals surface area contributed by atoms with Crippen molar-refractivity contribution in [2.24, 2.45) is 0 Å². The highest BCUT2D eigenvalue weighted by molar-refractivity contribution is 9.10. The van der Waals surface area contributed by atoms with E-state index in [1.54, 1.807) is 17.4 Å². The minimum absolute atomic E-state index is 0.0129. The van der Waals surface area contributed by atoms with E-state index >= 15 is 0 Å². The second kappa shape index (κ2) is 5.83. The van der Waals surface area contributed by atoms with Gasteiger partial charge >= 0.3 is 5.97 Å². The van der Waals surface area contributed by atoms with E-state index in [1.807, 2.05) is 12.1 Å². The Labute approximate surface area is 106 Å². The molecule has 1 aromatic rings. The molecule has 1 rings (SSSR count). The van der Waals surface area contributed by atoms with Gasteiger partial charge in [0.05, 0.1) is 7.11 Å². The quantitative estimate of drug-likeness (QED) is 0.489. The van der Waals surface area contributed by atoms with Crippen molar-refractivity contribution in [3.05, 3.63) is 25.9 Å². The van der Waals surface area contributed by atoms with Crippen LogP contribution in [0.2, 0.25) is 0 Å². The third kappa shape index (κ3) is 2.94. The average Bonchev–Trinajstić information content (AvgIpc) is 2.65. The number of ether oxygens (including phenoxy) is 1. The highest BCUT2D eigenvalue weighted by Crippen LogP contribution is 2.29. The molecule has 0 aliphatic carbocycles. The van der Waals surface area contributed by atoms with E-state index in [2.05, 4.69) is 27.6 Å². The smallest absolute Gasteiger partial charge is 0.348 e. The lowest BCUT2D eigenvalue weighted by atomic mass is 10.2. The zero-order valence-corrected chi connectivity index (χ0v) is 11.3. The summed E-state index contributed by atoms with van der Waals surface area (Å²) < 4.78 is 5.51. The molecule has 84 valence electrons. The first-order chi connectivity index (χ1) is 7.62. The van der Waals surface area contributed by atoms with Crippen molar-refractivity contribution in [2.75, 3.05) is 7.11 Å². The van der Waals surface area contributed by atoms with Gasteiger partial charge in [-0.25, -0.2) is 4.79 Å². The van der Waals surface area contributed by atoms with E-state index in [4.69, 9.17) is 5.26 Å². The molecule has 0 bridgehead atoms. The van der Waals surface area contributed by atoms with Crippen LogP contribution in [-0.2, 0) is 16.0 Å². The second-order valence-corrected chi connectivity index (χ2v) is 4.96. The van der Waals surface area contributed by atoms with Crippen molar-refractivity contribution in [3.63, 3.8) is 0 Å². The molecule has 0 aromatic carbocycles. The Morgan fingerprint density at radius 2 is 2.44 bits per heavy atom. The molecule has 0 saturated carbocycles. The van der Waals surface area contributed by atoms with Crippen molar-refractivity contribution >= 4 is 39.3 Å². The Balaban J connectivity index is 3.05. The lowest BCUT2D eigenvalue weighted by molar-refractivity contribution is -0.135. The van der Waals surface area contributed by atoms with Crippen LogP contribution in [0.25, 0.3) is 6.08 Å². The van der Waals surface area contributed by atoms with E-state index in [0.717, 1.165) is 15.8 Å². The molecule has 0 spiro atoms. The fourth-order valence-corrected chi connectivity index (χ4v) is 2.99. The highest BCUT2D eigenvalue weighted by Gasteiger charge is 2.10. The van der Waals surface area contributed by atoms with Gasteiger partial charge in [0, 0.05) is 14.2 Å². The minimum atomic E-state index is -0.606. The van der Waals surface area contributed by atoms with Crippen LogP contribution in [0.4, 0.5) is 0 Å². The van der Waals surface area contributed by atoms with Crippen LogP contribution in [0, 0.1) is 11.3 Å². The number of hydrogen-bond acceptors (Lipinski definition) is 4. The van der Waals surface area contributed by atoms with Crippen LogP contribution in [0.15, 0.2) is 16.1 Å². The molecule has 0 radical (unpaired) electrons. The highest BCUT2D eigenvalue weighted by atomic mass is 79.9. The Kier molecular flexibility index (Phi) is 4.71. The fourth-order valence-electron chi connectivity index (χ4n) is 1.13. The molecule has 0 aliphatic heterocycles. The summed E-state index contributed by atoms with van der Waals surface area (Å²) >= 11 is 4.97. The molecular weight excluding hydrogens is 290 g/mol. The maximum atomic E-state index is 11.2. The SMILES string of the molecule is CCc1sc(/C=C(/C#N)C(=O)OC)cc1Br. The predicted molar refractivity (Wildman–Crippen MR) is 67.0 cm³/mol. The molecule has 0 N–H and O–H groups in total. The summed E-state index contributed by atoms with van der Waals surface area (Å²) in [7, 11) is 1.26. The summed E-state index contributed by atoms with van der Waals surface area (Å²) in [4.78, 5) is 13.2. The van der Waals surface area contributed by atoms with E-state index in [0.29, 0.717) is 0 Å². The lowest BCUT2D eigenvalue weighted by Crippen LogP contribution is -2.02. The fraction of sp³-hybridized carbons (Fsp3) is 0.273. The Morgan fingerprint density at radius 3 is 2.88 bits per heavy atom. The standard InChI is InChI=1S/C11H10BrNO2S/c1-3-10-9(12)5-8(16-10)4-7(6-13)11(14)15-2/h4-5H,3H2,1-2H3/b7-4-. The Hall–Kier alpha value is -1.12. The molecule has 0 fully saturated rings. The van der Waals surface area contributed by atoms with Gasteiger partial charge in [-0.05, 0) is 34.5 Å². The normalized spacial score (nSPS) is 11.0. The van der Waals surface area contributed by atoms with Gasteiger partial charge in [0.15, 0.2) is 0 Å². The summed E-state index contributed by atoms with van der Waals surface area (Å²) in [6.45, 7) is 2.05. The van der Waals surface area contributed by atoms with Gasteiger partial charge in [0.2, 0.25) is 0 Å². The minimum Gasteiger partial charge on any atom is -0.465 e. The van der Waals surface area contributed by atoms with E-state index in [9.17, 15) is 4.79 Å². The van der Waals surface area contributed by atoms with Crippen molar-refractivity contribution in [3.8, 4) is 6.07 Å². The van der Waals surface area contributed by atoms with E-state index in [-0.39, 0.29) is 5.57 Å². The first kappa shape index (κ1) is 12.9. The topological polar surface area (TPSA) is 50.1 Å². The molecule has 3 nitrogen and oxygen atoms in total. The predicted octanol–water partition coefficient (Wildman–Crippen LogP) is 3.15. The zero-order valence-electron chi connectivity index (χ0n) is 8.91. The molecule has 1 heterocycles. The number of carbonyl (C=O) groups is 1. The maximum Gasteiger partial charge on any atom is 0.348 e. The summed E-state index contributed by atoms with van der Waals surface area (Å²) in [6, 6.07) is 3.72. The summed E-state index contributed by atoms with van der Waals surface area (Å²) in [5.41, 5.74) is 0.0129. The van der Waals surface area contributed by atoms with Gasteiger partial charge < -0.3 is 4.74 Å². The van der Waals surface area contributed by atoms with Crippen LogP contribution >= 0.6 is 27.3 Å². The number of thiophene rings is 1. The molecule has 0 aliphatic rings. The zero-order chi connectivity index (χ0) is 12.1. The maximum absolute atomic E-state index is 11.2. The number of halogens is 1. The molecular formula is C11H10BrNO2S. The largest absolute Gasteiger partial charge is 0.465 e. The lowest BCUT2D eigenvalue weighted by Gasteiger charge is -1.94.